The van der Waals surface area contributed by atoms with Crippen LogP contribution in [0.5, 0.6) is 0 Å². The number of aromatic nitrogens is 2. The fourth-order valence-corrected chi connectivity index (χ4v) is 4.15. The number of hydrogen-bond acceptors (Lipinski definition) is 4. The summed E-state index contributed by atoms with van der Waals surface area (Å²) in [5.41, 5.74) is 12.7. The fraction of sp³-hybridized carbons (Fsp3) is 0.217. The van der Waals surface area contributed by atoms with Gasteiger partial charge in [-0.25, -0.2) is 4.85 Å². The van der Waals surface area contributed by atoms with Crippen molar-refractivity contribution in [2.45, 2.75) is 13.3 Å². The molecule has 0 bridgehead atoms. The molecule has 1 aliphatic heterocycles. The van der Waals surface area contributed by atoms with Crippen LogP contribution >= 0.6 is 11.6 Å². The minimum absolute atomic E-state index is 0.0159. The molecule has 0 saturated heterocycles. The molecule has 1 aliphatic rings. The molecule has 4 rings (SSSR count). The van der Waals surface area contributed by atoms with Gasteiger partial charge in [0, 0.05) is 40.9 Å². The molecule has 0 radical (unpaired) electrons. The average molecular weight is 418 g/mol. The van der Waals surface area contributed by atoms with E-state index >= 15 is 0 Å². The van der Waals surface area contributed by atoms with Crippen molar-refractivity contribution in [3.8, 4) is 22.4 Å². The minimum atomic E-state index is -0.0159. The molecule has 0 amide bonds. The zero-order valence-corrected chi connectivity index (χ0v) is 17.5. The first-order chi connectivity index (χ1) is 14.5. The highest BCUT2D eigenvalue weighted by Crippen LogP contribution is 2.41. The SMILES string of the molecule is [C-]#[N+]c1c(CC)cc(Cl)cc1-c1c(-c2ccc3c(c2)C(CN)=NCC3=O)cnn1C. The number of fused-ring (bicyclic) bond motifs is 1. The Balaban J connectivity index is 1.95. The first-order valence-electron chi connectivity index (χ1n) is 9.62. The van der Waals surface area contributed by atoms with E-state index in [9.17, 15) is 4.79 Å². The van der Waals surface area contributed by atoms with Crippen LogP contribution in [-0.4, -0.2) is 34.4 Å². The molecule has 3 aromatic rings. The van der Waals surface area contributed by atoms with Gasteiger partial charge in [-0.2, -0.15) is 5.10 Å². The number of rotatable bonds is 4. The normalized spacial score (nSPS) is 13.0. The standard InChI is InChI=1S/C23H20ClN5O/c1-4-13-7-15(24)9-18(22(13)26-2)23-19(11-28-29(23)3)14-5-6-16-17(8-14)20(10-25)27-12-21(16)30/h5-9,11H,4,10,12,25H2,1,3H3. The molecule has 0 aliphatic carbocycles. The second-order valence-corrected chi connectivity index (χ2v) is 7.54. The third-order valence-corrected chi connectivity index (χ3v) is 5.61. The highest BCUT2D eigenvalue weighted by atomic mass is 35.5. The maximum atomic E-state index is 12.3. The maximum absolute atomic E-state index is 12.3. The summed E-state index contributed by atoms with van der Waals surface area (Å²) in [5.74, 6) is -0.0159. The van der Waals surface area contributed by atoms with E-state index in [4.69, 9.17) is 23.9 Å². The van der Waals surface area contributed by atoms with E-state index in [0.29, 0.717) is 22.7 Å². The van der Waals surface area contributed by atoms with Gasteiger partial charge in [-0.1, -0.05) is 36.7 Å². The third-order valence-electron chi connectivity index (χ3n) is 5.39. The number of carbonyl (C=O) groups excluding carboxylic acids is 1. The number of aliphatic imine (C=N–C) groups is 1. The second-order valence-electron chi connectivity index (χ2n) is 7.11. The Morgan fingerprint density at radius 2 is 2.00 bits per heavy atom. The molecule has 0 saturated carbocycles. The lowest BCUT2D eigenvalue weighted by molar-refractivity contribution is 0.1000. The molecule has 0 unspecified atom stereocenters. The molecule has 150 valence electrons. The lowest BCUT2D eigenvalue weighted by atomic mass is 9.91. The number of halogens is 1. The number of benzene rings is 2. The van der Waals surface area contributed by atoms with E-state index in [1.807, 2.05) is 44.3 Å². The van der Waals surface area contributed by atoms with Crippen LogP contribution in [0.25, 0.3) is 27.2 Å². The summed E-state index contributed by atoms with van der Waals surface area (Å²) in [6.45, 7) is 10.1. The molecule has 1 aromatic heterocycles. The summed E-state index contributed by atoms with van der Waals surface area (Å²) >= 11 is 6.37. The van der Waals surface area contributed by atoms with Crippen LogP contribution in [0.15, 0.2) is 41.5 Å². The highest BCUT2D eigenvalue weighted by molar-refractivity contribution is 6.31. The van der Waals surface area contributed by atoms with Crippen molar-refractivity contribution in [3.63, 3.8) is 0 Å². The molecule has 2 heterocycles. The summed E-state index contributed by atoms with van der Waals surface area (Å²) in [6, 6.07) is 9.30. The fourth-order valence-electron chi connectivity index (χ4n) is 3.91. The number of aryl methyl sites for hydroxylation is 2. The molecule has 0 atom stereocenters. The zero-order valence-electron chi connectivity index (χ0n) is 16.7. The van der Waals surface area contributed by atoms with E-state index in [1.54, 1.807) is 10.9 Å². The van der Waals surface area contributed by atoms with Gasteiger partial charge < -0.3 is 5.73 Å². The van der Waals surface area contributed by atoms with Gasteiger partial charge in [-0.15, -0.1) is 0 Å². The number of ketones is 1. The summed E-state index contributed by atoms with van der Waals surface area (Å²) in [6.07, 6.45) is 2.47. The smallest absolute Gasteiger partial charge is 0.199 e. The molecular weight excluding hydrogens is 398 g/mol. The summed E-state index contributed by atoms with van der Waals surface area (Å²) in [4.78, 5) is 20.4. The van der Waals surface area contributed by atoms with E-state index in [2.05, 4.69) is 14.9 Å². The quantitative estimate of drug-likeness (QED) is 0.636. The predicted molar refractivity (Wildman–Crippen MR) is 120 cm³/mol. The molecular formula is C23H20ClN5O. The van der Waals surface area contributed by atoms with Crippen LogP contribution < -0.4 is 5.73 Å². The Labute approximate surface area is 179 Å². The average Bonchev–Trinajstić information content (AvgIpc) is 3.14. The van der Waals surface area contributed by atoms with Gasteiger partial charge in [0.05, 0.1) is 24.2 Å². The number of Topliss-reactive ketones (excluding diaryl/α,β-unsaturated/α-hetero) is 1. The highest BCUT2D eigenvalue weighted by Gasteiger charge is 2.23. The van der Waals surface area contributed by atoms with Crippen molar-refractivity contribution in [1.82, 2.24) is 9.78 Å². The molecule has 0 spiro atoms. The van der Waals surface area contributed by atoms with Crippen LogP contribution in [0, 0.1) is 6.57 Å². The number of hydrogen-bond donors (Lipinski definition) is 1. The van der Waals surface area contributed by atoms with Gasteiger partial charge in [0.15, 0.2) is 11.5 Å². The number of nitrogens with zero attached hydrogens (tertiary/aromatic N) is 4. The van der Waals surface area contributed by atoms with E-state index in [-0.39, 0.29) is 18.9 Å². The topological polar surface area (TPSA) is 77.6 Å². The van der Waals surface area contributed by atoms with E-state index in [0.717, 1.165) is 39.2 Å². The lowest BCUT2D eigenvalue weighted by Gasteiger charge is -2.17. The molecule has 2 N–H and O–H groups in total. The van der Waals surface area contributed by atoms with Gasteiger partial charge in [-0.3, -0.25) is 14.5 Å². The van der Waals surface area contributed by atoms with Crippen LogP contribution in [0.2, 0.25) is 5.02 Å². The van der Waals surface area contributed by atoms with E-state index < -0.39 is 0 Å². The Kier molecular flexibility index (Phi) is 5.25. The predicted octanol–water partition coefficient (Wildman–Crippen LogP) is 4.46. The molecule has 30 heavy (non-hydrogen) atoms. The monoisotopic (exact) mass is 417 g/mol. The van der Waals surface area contributed by atoms with Gasteiger partial charge in [0.25, 0.3) is 0 Å². The van der Waals surface area contributed by atoms with Crippen molar-refractivity contribution >= 4 is 28.8 Å². The van der Waals surface area contributed by atoms with Gasteiger partial charge in [0.2, 0.25) is 0 Å². The molecule has 7 heteroatoms. The summed E-state index contributed by atoms with van der Waals surface area (Å²) in [7, 11) is 1.84. The van der Waals surface area contributed by atoms with Crippen molar-refractivity contribution in [1.29, 1.82) is 0 Å². The molecule has 0 fully saturated rings. The van der Waals surface area contributed by atoms with Crippen molar-refractivity contribution in [3.05, 3.63) is 69.7 Å². The number of nitrogens with two attached hydrogens (primary N) is 1. The van der Waals surface area contributed by atoms with Crippen LogP contribution in [-0.2, 0) is 13.5 Å². The van der Waals surface area contributed by atoms with Gasteiger partial charge >= 0.3 is 0 Å². The van der Waals surface area contributed by atoms with Crippen molar-refractivity contribution < 1.29 is 4.79 Å². The Morgan fingerprint density at radius 1 is 1.20 bits per heavy atom. The zero-order chi connectivity index (χ0) is 21.4. The largest absolute Gasteiger partial charge is 0.325 e. The Hall–Kier alpha value is -3.27. The molecule has 6 nitrogen and oxygen atoms in total. The van der Waals surface area contributed by atoms with Crippen LogP contribution in [0.4, 0.5) is 5.69 Å². The third kappa shape index (κ3) is 3.22. The lowest BCUT2D eigenvalue weighted by Crippen LogP contribution is -2.24. The Morgan fingerprint density at radius 3 is 2.70 bits per heavy atom. The maximum Gasteiger partial charge on any atom is 0.199 e. The number of carbonyl (C=O) groups is 1. The summed E-state index contributed by atoms with van der Waals surface area (Å²) in [5, 5.41) is 5.02. The Bertz CT molecular complexity index is 1250. The van der Waals surface area contributed by atoms with Crippen molar-refractivity contribution in [2.75, 3.05) is 13.1 Å². The van der Waals surface area contributed by atoms with Crippen molar-refractivity contribution in [2.24, 2.45) is 17.8 Å². The molecule has 2 aromatic carbocycles. The van der Waals surface area contributed by atoms with Gasteiger partial charge in [-0.05, 0) is 29.7 Å². The van der Waals surface area contributed by atoms with Crippen LogP contribution in [0.1, 0.15) is 28.4 Å². The second kappa shape index (κ2) is 7.86. The van der Waals surface area contributed by atoms with E-state index in [1.165, 1.54) is 0 Å². The van der Waals surface area contributed by atoms with Gasteiger partial charge in [0.1, 0.15) is 6.54 Å². The van der Waals surface area contributed by atoms with Crippen LogP contribution in [0.3, 0.4) is 0 Å². The first-order valence-corrected chi connectivity index (χ1v) is 9.99. The first kappa shape index (κ1) is 20.0. The summed E-state index contributed by atoms with van der Waals surface area (Å²) < 4.78 is 1.75. The minimum Gasteiger partial charge on any atom is -0.325 e.